The number of hydrogen-bond donors (Lipinski definition) is 0. The van der Waals surface area contributed by atoms with E-state index in [4.69, 9.17) is 12.2 Å². The summed E-state index contributed by atoms with van der Waals surface area (Å²) in [5.41, 5.74) is 1.98. The van der Waals surface area contributed by atoms with Crippen molar-refractivity contribution < 1.29 is 14.7 Å². The van der Waals surface area contributed by atoms with E-state index in [0.717, 1.165) is 22.2 Å². The van der Waals surface area contributed by atoms with E-state index in [1.165, 1.54) is 11.8 Å². The predicted molar refractivity (Wildman–Crippen MR) is 106 cm³/mol. The predicted octanol–water partition coefficient (Wildman–Crippen LogP) is 1.70. The third-order valence-electron chi connectivity index (χ3n) is 3.75. The molecule has 6 nitrogen and oxygen atoms in total. The number of benzene rings is 1. The summed E-state index contributed by atoms with van der Waals surface area (Å²) in [7, 11) is 0. The van der Waals surface area contributed by atoms with Crippen LogP contribution in [0.2, 0.25) is 0 Å². The second-order valence-electron chi connectivity index (χ2n) is 5.45. The number of hydrogen-bond acceptors (Lipinski definition) is 8. The summed E-state index contributed by atoms with van der Waals surface area (Å²) < 4.78 is 0.213. The van der Waals surface area contributed by atoms with Gasteiger partial charge in [-0.1, -0.05) is 36.1 Å². The third-order valence-corrected chi connectivity index (χ3v) is 5.72. The highest BCUT2D eigenvalue weighted by atomic mass is 32.2. The minimum atomic E-state index is -1.30. The second kappa shape index (κ2) is 8.15. The molecule has 0 N–H and O–H groups in total. The van der Waals surface area contributed by atoms with Crippen molar-refractivity contribution in [3.05, 3.63) is 41.1 Å². The van der Waals surface area contributed by atoms with Crippen molar-refractivity contribution in [1.29, 1.82) is 0 Å². The van der Waals surface area contributed by atoms with Crippen molar-refractivity contribution in [2.45, 2.75) is 12.5 Å². The molecule has 2 aromatic rings. The summed E-state index contributed by atoms with van der Waals surface area (Å²) >= 11 is 7.79. The Morgan fingerprint density at radius 3 is 2.85 bits per heavy atom. The number of thiocarbonyl (C=S) groups is 1. The number of para-hydroxylation sites is 2. The lowest BCUT2D eigenvalue weighted by molar-refractivity contribution is -0.310. The Morgan fingerprint density at radius 2 is 2.15 bits per heavy atom. The van der Waals surface area contributed by atoms with Crippen LogP contribution in [0.15, 0.2) is 35.4 Å². The molecule has 0 bridgehead atoms. The smallest absolute Gasteiger partial charge is 0.266 e. The largest absolute Gasteiger partial charge is 0.548 e. The molecule has 1 aromatic heterocycles. The quantitative estimate of drug-likeness (QED) is 0.531. The molecule has 2 heterocycles. The second-order valence-corrected chi connectivity index (χ2v) is 8.11. The van der Waals surface area contributed by atoms with Crippen LogP contribution in [-0.4, -0.2) is 49.1 Å². The third kappa shape index (κ3) is 3.89. The molecule has 134 valence electrons. The molecular formula is C17H14N3O3S3-. The highest BCUT2D eigenvalue weighted by Gasteiger charge is 2.37. The molecule has 1 aliphatic rings. The van der Waals surface area contributed by atoms with E-state index in [9.17, 15) is 14.7 Å². The lowest BCUT2D eigenvalue weighted by atomic mass is 10.2. The van der Waals surface area contributed by atoms with Gasteiger partial charge in [-0.25, -0.2) is 4.98 Å². The minimum absolute atomic E-state index is 0.213. The fourth-order valence-corrected chi connectivity index (χ4v) is 4.31. The van der Waals surface area contributed by atoms with Crippen LogP contribution in [0.4, 0.5) is 0 Å². The summed E-state index contributed by atoms with van der Waals surface area (Å²) in [5, 5.41) is 11.5. The number of aliphatic carboxylic acids is 1. The number of rotatable bonds is 6. The van der Waals surface area contributed by atoms with Crippen molar-refractivity contribution in [3.8, 4) is 0 Å². The Kier molecular flexibility index (Phi) is 5.90. The number of carbonyl (C=O) groups is 2. The first kappa shape index (κ1) is 18.8. The number of aromatic nitrogens is 2. The summed E-state index contributed by atoms with van der Waals surface area (Å²) in [5.74, 6) is -1.15. The van der Waals surface area contributed by atoms with Crippen LogP contribution in [-0.2, 0) is 9.59 Å². The lowest BCUT2D eigenvalue weighted by Crippen LogP contribution is -2.50. The van der Waals surface area contributed by atoms with Gasteiger partial charge in [0.2, 0.25) is 0 Å². The molecule has 1 aromatic carbocycles. The van der Waals surface area contributed by atoms with Gasteiger partial charge in [0.15, 0.2) is 0 Å². The van der Waals surface area contributed by atoms with Gasteiger partial charge >= 0.3 is 0 Å². The van der Waals surface area contributed by atoms with Crippen LogP contribution in [0.5, 0.6) is 0 Å². The molecule has 0 radical (unpaired) electrons. The average Bonchev–Trinajstić information content (AvgIpc) is 2.89. The minimum Gasteiger partial charge on any atom is -0.548 e. The summed E-state index contributed by atoms with van der Waals surface area (Å²) in [6, 6.07) is 6.34. The van der Waals surface area contributed by atoms with Gasteiger partial charge in [-0.05, 0) is 36.6 Å². The van der Waals surface area contributed by atoms with Crippen molar-refractivity contribution >= 4 is 69.0 Å². The number of carbonyl (C=O) groups excluding carboxylic acids is 2. The SMILES string of the molecule is CSCC[C@@H](C(=O)[O-])N1C(=O)/C(=C\c2cnc3ccccc3n2)SC1=S. The van der Waals surface area contributed by atoms with E-state index < -0.39 is 17.9 Å². The molecule has 0 saturated carbocycles. The summed E-state index contributed by atoms with van der Waals surface area (Å²) in [6.45, 7) is 0. The highest BCUT2D eigenvalue weighted by Crippen LogP contribution is 2.34. The van der Waals surface area contributed by atoms with Gasteiger partial charge in [-0.15, -0.1) is 0 Å². The molecule has 0 unspecified atom stereocenters. The van der Waals surface area contributed by atoms with Crippen LogP contribution in [0.1, 0.15) is 12.1 Å². The zero-order valence-electron chi connectivity index (χ0n) is 13.7. The molecule has 1 fully saturated rings. The zero-order valence-corrected chi connectivity index (χ0v) is 16.2. The number of nitrogens with zero attached hydrogens (tertiary/aromatic N) is 3. The zero-order chi connectivity index (χ0) is 18.7. The van der Waals surface area contributed by atoms with E-state index >= 15 is 0 Å². The van der Waals surface area contributed by atoms with Gasteiger partial charge < -0.3 is 9.90 Å². The lowest BCUT2D eigenvalue weighted by Gasteiger charge is -2.27. The summed E-state index contributed by atoms with van der Waals surface area (Å²) in [4.78, 5) is 34.4. The Morgan fingerprint density at radius 1 is 1.42 bits per heavy atom. The highest BCUT2D eigenvalue weighted by molar-refractivity contribution is 8.26. The Hall–Kier alpha value is -1.97. The first-order chi connectivity index (χ1) is 12.5. The van der Waals surface area contributed by atoms with E-state index in [1.807, 2.05) is 30.5 Å². The Bertz CT molecular complexity index is 916. The van der Waals surface area contributed by atoms with Crippen LogP contribution in [0.3, 0.4) is 0 Å². The number of carboxylic acids is 1. The van der Waals surface area contributed by atoms with Crippen molar-refractivity contribution in [3.63, 3.8) is 0 Å². The van der Waals surface area contributed by atoms with Gasteiger partial charge in [0.1, 0.15) is 4.32 Å². The molecule has 1 amide bonds. The number of carboxylic acid groups (broad SMARTS) is 1. The molecular weight excluding hydrogens is 390 g/mol. The van der Waals surface area contributed by atoms with E-state index in [-0.39, 0.29) is 10.7 Å². The maximum atomic E-state index is 12.7. The fraction of sp³-hybridized carbons (Fsp3) is 0.235. The number of fused-ring (bicyclic) bond motifs is 1. The van der Waals surface area contributed by atoms with Crippen molar-refractivity contribution in [2.24, 2.45) is 0 Å². The molecule has 1 saturated heterocycles. The Balaban J connectivity index is 1.89. The van der Waals surface area contributed by atoms with Crippen LogP contribution < -0.4 is 5.11 Å². The molecule has 1 atom stereocenters. The monoisotopic (exact) mass is 404 g/mol. The van der Waals surface area contributed by atoms with Gasteiger partial charge in [0.05, 0.1) is 39.8 Å². The Labute approximate surface area is 164 Å². The van der Waals surface area contributed by atoms with Gasteiger partial charge in [0.25, 0.3) is 5.91 Å². The van der Waals surface area contributed by atoms with Crippen LogP contribution in [0.25, 0.3) is 17.1 Å². The van der Waals surface area contributed by atoms with Crippen molar-refractivity contribution in [1.82, 2.24) is 14.9 Å². The van der Waals surface area contributed by atoms with Gasteiger partial charge in [-0.2, -0.15) is 11.8 Å². The topological polar surface area (TPSA) is 86.2 Å². The molecule has 0 spiro atoms. The van der Waals surface area contributed by atoms with E-state index in [2.05, 4.69) is 9.97 Å². The van der Waals surface area contributed by atoms with Gasteiger partial charge in [0, 0.05) is 0 Å². The average molecular weight is 405 g/mol. The van der Waals surface area contributed by atoms with Gasteiger partial charge in [-0.3, -0.25) is 14.7 Å². The standard InChI is InChI=1S/C17H15N3O3S3/c1-25-7-6-13(16(22)23)20-15(21)14(26-17(20)24)8-10-9-18-11-4-2-3-5-12(11)19-10/h2-5,8-9,13H,6-7H2,1H3,(H,22,23)/p-1/b14-8+/t13-/m0/s1. The van der Waals surface area contributed by atoms with Crippen molar-refractivity contribution in [2.75, 3.05) is 12.0 Å². The fourth-order valence-electron chi connectivity index (χ4n) is 2.51. The molecule has 0 aliphatic carbocycles. The molecule has 1 aliphatic heterocycles. The normalized spacial score (nSPS) is 17.3. The molecule has 3 rings (SSSR count). The molecule has 26 heavy (non-hydrogen) atoms. The summed E-state index contributed by atoms with van der Waals surface area (Å²) in [6.07, 6.45) is 5.30. The maximum absolute atomic E-state index is 12.7. The van der Waals surface area contributed by atoms with E-state index in [0.29, 0.717) is 21.9 Å². The van der Waals surface area contributed by atoms with Crippen LogP contribution >= 0.6 is 35.7 Å². The maximum Gasteiger partial charge on any atom is 0.266 e. The number of amides is 1. The first-order valence-electron chi connectivity index (χ1n) is 7.70. The van der Waals surface area contributed by atoms with E-state index in [1.54, 1.807) is 12.3 Å². The number of thioether (sulfide) groups is 2. The van der Waals surface area contributed by atoms with Crippen LogP contribution in [0, 0.1) is 0 Å². The molecule has 9 heteroatoms. The first-order valence-corrected chi connectivity index (χ1v) is 10.3.